The lowest BCUT2D eigenvalue weighted by Crippen LogP contribution is -2.34. The Bertz CT molecular complexity index is 186. The summed E-state index contributed by atoms with van der Waals surface area (Å²) in [6.45, 7) is 2.96. The maximum Gasteiger partial charge on any atom is 0.322 e. The molecule has 0 heterocycles. The predicted octanol–water partition coefficient (Wildman–Crippen LogP) is 2.56. The summed E-state index contributed by atoms with van der Waals surface area (Å²) in [6.07, 6.45) is 10.0. The van der Waals surface area contributed by atoms with Crippen molar-refractivity contribution in [3.05, 3.63) is 0 Å². The van der Waals surface area contributed by atoms with Gasteiger partial charge in [0.25, 0.3) is 0 Å². The van der Waals surface area contributed by atoms with E-state index < -0.39 is 12.0 Å². The molecule has 0 aliphatic rings. The van der Waals surface area contributed by atoms with Crippen molar-refractivity contribution < 1.29 is 14.6 Å². The smallest absolute Gasteiger partial charge is 0.322 e. The van der Waals surface area contributed by atoms with Gasteiger partial charge in [0.15, 0.2) is 0 Å². The van der Waals surface area contributed by atoms with E-state index in [0.29, 0.717) is 6.61 Å². The molecule has 0 fully saturated rings. The monoisotopic (exact) mass is 245 g/mol. The number of rotatable bonds is 12. The molecular formula is C13H27NO3. The first-order valence-electron chi connectivity index (χ1n) is 6.74. The van der Waals surface area contributed by atoms with Crippen LogP contribution in [0.1, 0.15) is 58.3 Å². The molecule has 4 heteroatoms. The van der Waals surface area contributed by atoms with Gasteiger partial charge < -0.3 is 15.6 Å². The Hall–Kier alpha value is -0.610. The number of hydrogen-bond donors (Lipinski definition) is 2. The third kappa shape index (κ3) is 11.6. The molecule has 0 saturated carbocycles. The minimum atomic E-state index is -0.999. The predicted molar refractivity (Wildman–Crippen MR) is 69.0 cm³/mol. The third-order valence-electron chi connectivity index (χ3n) is 2.76. The summed E-state index contributed by atoms with van der Waals surface area (Å²) in [5, 5.41) is 8.52. The maximum absolute atomic E-state index is 10.4. The Balaban J connectivity index is 3.06. The molecule has 102 valence electrons. The second-order valence-corrected chi connectivity index (χ2v) is 4.49. The highest BCUT2D eigenvalue weighted by molar-refractivity contribution is 5.73. The van der Waals surface area contributed by atoms with Crippen LogP contribution >= 0.6 is 0 Å². The summed E-state index contributed by atoms with van der Waals surface area (Å²) in [6, 6.07) is -0.885. The Kier molecular flexibility index (Phi) is 11.4. The van der Waals surface area contributed by atoms with Gasteiger partial charge in [0, 0.05) is 6.61 Å². The van der Waals surface area contributed by atoms with E-state index in [1.807, 2.05) is 0 Å². The zero-order valence-electron chi connectivity index (χ0n) is 11.0. The van der Waals surface area contributed by atoms with Crippen molar-refractivity contribution in [1.82, 2.24) is 0 Å². The fraction of sp³-hybridized carbons (Fsp3) is 0.923. The number of hydrogen-bond acceptors (Lipinski definition) is 3. The van der Waals surface area contributed by atoms with Crippen LogP contribution in [-0.2, 0) is 9.53 Å². The average Bonchev–Trinajstić information content (AvgIpc) is 2.31. The molecule has 0 saturated heterocycles. The molecule has 1 unspecified atom stereocenters. The number of ether oxygens (including phenoxy) is 1. The molecule has 4 nitrogen and oxygen atoms in total. The van der Waals surface area contributed by atoms with E-state index in [1.54, 1.807) is 0 Å². The first kappa shape index (κ1) is 16.4. The summed E-state index contributed by atoms with van der Waals surface area (Å²) in [5.74, 6) is -0.999. The maximum atomic E-state index is 10.4. The van der Waals surface area contributed by atoms with E-state index in [-0.39, 0.29) is 6.61 Å². The van der Waals surface area contributed by atoms with E-state index in [0.717, 1.165) is 12.8 Å². The fourth-order valence-corrected chi connectivity index (χ4v) is 1.62. The van der Waals surface area contributed by atoms with Crippen LogP contribution in [0.15, 0.2) is 0 Å². The molecule has 0 rings (SSSR count). The molecule has 1 atom stereocenters. The first-order valence-corrected chi connectivity index (χ1v) is 6.74. The fourth-order valence-electron chi connectivity index (χ4n) is 1.62. The molecule has 0 aromatic carbocycles. The van der Waals surface area contributed by atoms with E-state index in [2.05, 4.69) is 6.92 Å². The number of nitrogens with two attached hydrogens (primary N) is 1. The molecule has 0 aliphatic carbocycles. The van der Waals surface area contributed by atoms with Gasteiger partial charge in [-0.25, -0.2) is 0 Å². The zero-order valence-corrected chi connectivity index (χ0v) is 11.0. The normalized spacial score (nSPS) is 12.6. The van der Waals surface area contributed by atoms with Crippen molar-refractivity contribution in [2.75, 3.05) is 13.2 Å². The van der Waals surface area contributed by atoms with E-state index in [4.69, 9.17) is 15.6 Å². The van der Waals surface area contributed by atoms with E-state index >= 15 is 0 Å². The van der Waals surface area contributed by atoms with Gasteiger partial charge in [-0.15, -0.1) is 0 Å². The summed E-state index contributed by atoms with van der Waals surface area (Å²) >= 11 is 0. The Labute approximate surface area is 105 Å². The SMILES string of the molecule is CCCCCCCCCCOCC(N)C(=O)O. The molecule has 3 N–H and O–H groups in total. The van der Waals surface area contributed by atoms with Crippen molar-refractivity contribution in [1.29, 1.82) is 0 Å². The zero-order chi connectivity index (χ0) is 12.9. The van der Waals surface area contributed by atoms with Gasteiger partial charge in [0.1, 0.15) is 6.04 Å². The molecule has 0 aliphatic heterocycles. The highest BCUT2D eigenvalue weighted by atomic mass is 16.5. The quantitative estimate of drug-likeness (QED) is 0.518. The highest BCUT2D eigenvalue weighted by Gasteiger charge is 2.10. The topological polar surface area (TPSA) is 72.5 Å². The van der Waals surface area contributed by atoms with Crippen LogP contribution in [0.5, 0.6) is 0 Å². The number of carboxylic acids is 1. The van der Waals surface area contributed by atoms with E-state index in [9.17, 15) is 4.79 Å². The van der Waals surface area contributed by atoms with Crippen LogP contribution in [0, 0.1) is 0 Å². The second kappa shape index (κ2) is 11.9. The molecule has 0 spiro atoms. The van der Waals surface area contributed by atoms with Gasteiger partial charge in [0.05, 0.1) is 6.61 Å². The van der Waals surface area contributed by atoms with Crippen molar-refractivity contribution in [2.24, 2.45) is 5.73 Å². The lowest BCUT2D eigenvalue weighted by Gasteiger charge is -2.07. The Morgan fingerprint density at radius 1 is 1.12 bits per heavy atom. The third-order valence-corrected chi connectivity index (χ3v) is 2.76. The summed E-state index contributed by atoms with van der Waals surface area (Å²) in [4.78, 5) is 10.4. The van der Waals surface area contributed by atoms with Gasteiger partial charge in [-0.1, -0.05) is 51.9 Å². The molecule has 0 aromatic heterocycles. The lowest BCUT2D eigenvalue weighted by molar-refractivity contribution is -0.140. The van der Waals surface area contributed by atoms with Crippen molar-refractivity contribution in [3.8, 4) is 0 Å². The van der Waals surface area contributed by atoms with Crippen molar-refractivity contribution in [2.45, 2.75) is 64.3 Å². The van der Waals surface area contributed by atoms with Gasteiger partial charge in [-0.05, 0) is 6.42 Å². The van der Waals surface area contributed by atoms with Gasteiger partial charge in [-0.3, -0.25) is 4.79 Å². The largest absolute Gasteiger partial charge is 0.480 e. The van der Waals surface area contributed by atoms with Crippen molar-refractivity contribution in [3.63, 3.8) is 0 Å². The van der Waals surface area contributed by atoms with E-state index in [1.165, 1.54) is 38.5 Å². The minimum absolute atomic E-state index is 0.117. The van der Waals surface area contributed by atoms with Crippen LogP contribution in [0.4, 0.5) is 0 Å². The molecule has 0 amide bonds. The molecule has 0 bridgehead atoms. The van der Waals surface area contributed by atoms with Crippen LogP contribution in [0.3, 0.4) is 0 Å². The minimum Gasteiger partial charge on any atom is -0.480 e. The van der Waals surface area contributed by atoms with Crippen LogP contribution in [0.25, 0.3) is 0 Å². The van der Waals surface area contributed by atoms with Gasteiger partial charge >= 0.3 is 5.97 Å². The van der Waals surface area contributed by atoms with Gasteiger partial charge in [0.2, 0.25) is 0 Å². The average molecular weight is 245 g/mol. The molecule has 0 aromatic rings. The second-order valence-electron chi connectivity index (χ2n) is 4.49. The first-order chi connectivity index (χ1) is 8.18. The lowest BCUT2D eigenvalue weighted by atomic mass is 10.1. The van der Waals surface area contributed by atoms with Crippen LogP contribution in [-0.4, -0.2) is 30.3 Å². The standard InChI is InChI=1S/C13H27NO3/c1-2-3-4-5-6-7-8-9-10-17-11-12(14)13(15)16/h12H,2-11,14H2,1H3,(H,15,16). The Morgan fingerprint density at radius 3 is 2.18 bits per heavy atom. The van der Waals surface area contributed by atoms with Crippen LogP contribution in [0.2, 0.25) is 0 Å². The molecular weight excluding hydrogens is 218 g/mol. The summed E-state index contributed by atoms with van der Waals surface area (Å²) in [7, 11) is 0. The van der Waals surface area contributed by atoms with Crippen LogP contribution < -0.4 is 5.73 Å². The summed E-state index contributed by atoms with van der Waals surface area (Å²) < 4.78 is 5.20. The molecule has 0 radical (unpaired) electrons. The number of carbonyl (C=O) groups is 1. The number of aliphatic carboxylic acids is 1. The summed E-state index contributed by atoms with van der Waals surface area (Å²) in [5.41, 5.74) is 5.30. The highest BCUT2D eigenvalue weighted by Crippen LogP contribution is 2.08. The number of carboxylic acid groups (broad SMARTS) is 1. The number of unbranched alkanes of at least 4 members (excludes halogenated alkanes) is 7. The molecule has 17 heavy (non-hydrogen) atoms. The van der Waals surface area contributed by atoms with Crippen molar-refractivity contribution >= 4 is 5.97 Å². The Morgan fingerprint density at radius 2 is 1.65 bits per heavy atom. The van der Waals surface area contributed by atoms with Gasteiger partial charge in [-0.2, -0.15) is 0 Å².